The third-order valence-corrected chi connectivity index (χ3v) is 9.78. The Bertz CT molecular complexity index is 1150. The van der Waals surface area contributed by atoms with Crippen LogP contribution in [-0.2, 0) is 20.9 Å². The van der Waals surface area contributed by atoms with E-state index >= 15 is 0 Å². The molecule has 2 aliphatic heterocycles. The highest BCUT2D eigenvalue weighted by Gasteiger charge is 2.86. The summed E-state index contributed by atoms with van der Waals surface area (Å²) in [4.78, 5) is 14.0. The Morgan fingerprint density at radius 3 is 2.65 bits per heavy atom. The minimum Gasteiger partial charge on any atom is -0.391 e. The zero-order valence-corrected chi connectivity index (χ0v) is 19.7. The molecule has 1 aromatic carbocycles. The zero-order valence-electron chi connectivity index (χ0n) is 19.7. The minimum absolute atomic E-state index is 0.0877. The summed E-state index contributed by atoms with van der Waals surface area (Å²) < 4.78 is 13.0. The van der Waals surface area contributed by atoms with Crippen LogP contribution in [0.2, 0.25) is 0 Å². The fourth-order valence-corrected chi connectivity index (χ4v) is 8.49. The Morgan fingerprint density at radius 1 is 1.21 bits per heavy atom. The predicted molar refractivity (Wildman–Crippen MR) is 123 cm³/mol. The van der Waals surface area contributed by atoms with Gasteiger partial charge in [0.05, 0.1) is 31.0 Å². The Morgan fingerprint density at radius 2 is 1.94 bits per heavy atom. The van der Waals surface area contributed by atoms with Crippen LogP contribution in [0.4, 0.5) is 0 Å². The van der Waals surface area contributed by atoms with Crippen LogP contribution in [0.25, 0.3) is 0 Å². The SMILES string of the molecule is C=C1C(=O)[C@]23[C@H](O)[C@H]1CC[C@H]2[C@]12C=CCC(C)(C)[C@H]1[C@H](O)[C@@]3(OCc1ccc(C#N)cc1)OC2. The highest BCUT2D eigenvalue weighted by atomic mass is 16.7. The molecule has 2 N–H and O–H groups in total. The summed E-state index contributed by atoms with van der Waals surface area (Å²) in [6, 6.07) is 9.13. The molecule has 6 nitrogen and oxygen atoms in total. The molecule has 6 heteroatoms. The molecule has 2 spiro atoms. The molecule has 0 unspecified atom stereocenters. The molecule has 8 atom stereocenters. The van der Waals surface area contributed by atoms with E-state index in [1.807, 2.05) is 0 Å². The molecular formula is C28H31NO5. The van der Waals surface area contributed by atoms with Crippen molar-refractivity contribution < 1.29 is 24.5 Å². The van der Waals surface area contributed by atoms with Crippen molar-refractivity contribution in [2.24, 2.45) is 34.0 Å². The number of aliphatic hydroxyl groups is 2. The lowest BCUT2D eigenvalue weighted by Gasteiger charge is -2.73. The third kappa shape index (κ3) is 2.32. The average molecular weight is 462 g/mol. The number of carbonyl (C=O) groups excluding carboxylic acids is 1. The van der Waals surface area contributed by atoms with E-state index in [2.05, 4.69) is 38.6 Å². The summed E-state index contributed by atoms with van der Waals surface area (Å²) in [6.45, 7) is 8.81. The van der Waals surface area contributed by atoms with E-state index in [4.69, 9.17) is 14.7 Å². The number of aliphatic hydroxyl groups excluding tert-OH is 2. The van der Waals surface area contributed by atoms with Crippen LogP contribution in [-0.4, -0.2) is 40.6 Å². The van der Waals surface area contributed by atoms with Crippen LogP contribution in [0.3, 0.4) is 0 Å². The number of ketones is 1. The van der Waals surface area contributed by atoms with Gasteiger partial charge in [-0.15, -0.1) is 0 Å². The lowest BCUT2D eigenvalue weighted by molar-refractivity contribution is -0.450. The number of hydrogen-bond donors (Lipinski definition) is 2. The predicted octanol–water partition coefficient (Wildman–Crippen LogP) is 3.28. The lowest BCUT2D eigenvalue weighted by Crippen LogP contribution is -2.83. The monoisotopic (exact) mass is 461 g/mol. The van der Waals surface area contributed by atoms with Crippen LogP contribution >= 0.6 is 0 Å². The Kier molecular flexibility index (Phi) is 4.49. The van der Waals surface area contributed by atoms with Gasteiger partial charge in [0.1, 0.15) is 11.5 Å². The highest BCUT2D eigenvalue weighted by Crippen LogP contribution is 2.76. The van der Waals surface area contributed by atoms with E-state index < -0.39 is 28.8 Å². The number of rotatable bonds is 3. The van der Waals surface area contributed by atoms with Gasteiger partial charge in [0, 0.05) is 17.3 Å². The first-order valence-electron chi connectivity index (χ1n) is 12.2. The van der Waals surface area contributed by atoms with Crippen molar-refractivity contribution in [2.75, 3.05) is 6.61 Å². The number of nitriles is 1. The normalized spacial score (nSPS) is 45.6. The summed E-state index contributed by atoms with van der Waals surface area (Å²) in [5.41, 5.74) is -0.415. The molecule has 0 amide bonds. The molecule has 34 heavy (non-hydrogen) atoms. The molecule has 5 fully saturated rings. The standard InChI is InChI=1S/C28H31NO5/c1-16-19-9-10-20-26-12-4-11-25(2,3)21(26)24(32)28(34-15-26,27(20,22(16)30)23(19)31)33-14-18-7-5-17(13-29)6-8-18/h4-8,12,19-21,23-24,31-32H,1,9-11,14-15H2,2-3H3/t19-,20-,21+,23+,24-,26+,27-,28+/m0/s1. The van der Waals surface area contributed by atoms with Gasteiger partial charge in [0.15, 0.2) is 5.78 Å². The van der Waals surface area contributed by atoms with E-state index in [0.717, 1.165) is 18.4 Å². The number of fused-ring (bicyclic) bond motifs is 2. The van der Waals surface area contributed by atoms with Gasteiger partial charge in [-0.1, -0.05) is 44.7 Å². The Hall–Kier alpha value is -2.30. The number of ether oxygens (including phenoxy) is 2. The topological polar surface area (TPSA) is 99.8 Å². The summed E-state index contributed by atoms with van der Waals surface area (Å²) in [7, 11) is 0. The minimum atomic E-state index is -1.67. The molecule has 0 radical (unpaired) electrons. The highest BCUT2D eigenvalue weighted by molar-refractivity contribution is 6.05. The van der Waals surface area contributed by atoms with Crippen molar-refractivity contribution >= 4 is 5.78 Å². The largest absolute Gasteiger partial charge is 0.391 e. The maximum Gasteiger partial charge on any atom is 0.211 e. The van der Waals surface area contributed by atoms with Crippen molar-refractivity contribution in [1.82, 2.24) is 0 Å². The van der Waals surface area contributed by atoms with Crippen molar-refractivity contribution in [3.05, 3.63) is 59.7 Å². The molecule has 3 saturated carbocycles. The van der Waals surface area contributed by atoms with Crippen molar-refractivity contribution in [3.63, 3.8) is 0 Å². The first-order valence-corrected chi connectivity index (χ1v) is 12.2. The van der Waals surface area contributed by atoms with Gasteiger partial charge >= 0.3 is 0 Å². The van der Waals surface area contributed by atoms with Gasteiger partial charge in [-0.2, -0.15) is 5.26 Å². The molecule has 6 aliphatic rings. The van der Waals surface area contributed by atoms with Gasteiger partial charge in [-0.3, -0.25) is 4.79 Å². The maximum atomic E-state index is 14.0. The molecule has 4 bridgehead atoms. The number of allylic oxidation sites excluding steroid dienone is 1. The van der Waals surface area contributed by atoms with Gasteiger partial charge in [-0.25, -0.2) is 0 Å². The molecule has 2 heterocycles. The first kappa shape index (κ1) is 22.2. The number of Topliss-reactive ketones (excluding diaryl/α,β-unsaturated/α-hetero) is 1. The number of carbonyl (C=O) groups is 1. The fraction of sp³-hybridized carbons (Fsp3) is 0.571. The lowest BCUT2D eigenvalue weighted by atomic mass is 9.37. The van der Waals surface area contributed by atoms with Gasteiger partial charge in [-0.05, 0) is 53.9 Å². The van der Waals surface area contributed by atoms with Crippen molar-refractivity contribution in [1.29, 1.82) is 5.26 Å². The van der Waals surface area contributed by atoms with E-state index in [9.17, 15) is 15.0 Å². The van der Waals surface area contributed by atoms with Gasteiger partial charge in [0.25, 0.3) is 0 Å². The molecule has 7 rings (SSSR count). The quantitative estimate of drug-likeness (QED) is 0.529. The van der Waals surface area contributed by atoms with E-state index in [1.54, 1.807) is 24.3 Å². The Balaban J connectivity index is 1.52. The van der Waals surface area contributed by atoms with Crippen LogP contribution in [0.5, 0.6) is 0 Å². The number of benzene rings is 1. The molecule has 2 saturated heterocycles. The van der Waals surface area contributed by atoms with E-state index in [1.165, 1.54) is 0 Å². The molecule has 178 valence electrons. The zero-order chi connectivity index (χ0) is 24.1. The van der Waals surface area contributed by atoms with Crippen LogP contribution in [0.1, 0.15) is 44.2 Å². The average Bonchev–Trinajstić information content (AvgIpc) is 2.92. The van der Waals surface area contributed by atoms with Crippen molar-refractivity contribution in [3.8, 4) is 6.07 Å². The third-order valence-electron chi connectivity index (χ3n) is 9.78. The second kappa shape index (κ2) is 6.89. The summed E-state index contributed by atoms with van der Waals surface area (Å²) in [5, 5.41) is 32.9. The van der Waals surface area contributed by atoms with Gasteiger partial charge in [0.2, 0.25) is 5.79 Å². The van der Waals surface area contributed by atoms with Crippen molar-refractivity contribution in [2.45, 2.75) is 57.7 Å². The maximum absolute atomic E-state index is 14.0. The fourth-order valence-electron chi connectivity index (χ4n) is 8.49. The summed E-state index contributed by atoms with van der Waals surface area (Å²) in [6.07, 6.45) is 4.46. The molecular weight excluding hydrogens is 430 g/mol. The molecule has 0 aromatic heterocycles. The summed E-state index contributed by atoms with van der Waals surface area (Å²) >= 11 is 0. The number of nitrogens with zero attached hydrogens (tertiary/aromatic N) is 1. The van der Waals surface area contributed by atoms with Gasteiger partial charge < -0.3 is 19.7 Å². The second-order valence-electron chi connectivity index (χ2n) is 11.6. The first-order chi connectivity index (χ1) is 16.2. The van der Waals surface area contributed by atoms with Crippen LogP contribution in [0.15, 0.2) is 48.6 Å². The van der Waals surface area contributed by atoms with Crippen LogP contribution < -0.4 is 0 Å². The summed E-state index contributed by atoms with van der Waals surface area (Å²) in [5.74, 6) is -2.63. The molecule has 4 aliphatic carbocycles. The van der Waals surface area contributed by atoms with E-state index in [0.29, 0.717) is 24.2 Å². The smallest absolute Gasteiger partial charge is 0.211 e. The van der Waals surface area contributed by atoms with Crippen LogP contribution in [0, 0.1) is 45.3 Å². The molecule has 1 aromatic rings. The Labute approximate surface area is 199 Å². The van der Waals surface area contributed by atoms with E-state index in [-0.39, 0.29) is 35.6 Å². The second-order valence-corrected chi connectivity index (χ2v) is 11.6. The number of hydrogen-bond acceptors (Lipinski definition) is 6.